The predicted octanol–water partition coefficient (Wildman–Crippen LogP) is 1.08. The first kappa shape index (κ1) is 11.6. The number of hydrogen-bond donors (Lipinski definition) is 1. The van der Waals surface area contributed by atoms with Crippen molar-refractivity contribution in [2.45, 2.75) is 18.9 Å². The quantitative estimate of drug-likeness (QED) is 0.831. The number of likely N-dealkylation sites (tertiary alicyclic amines) is 1. The molecular weight excluding hydrogens is 220 g/mol. The lowest BCUT2D eigenvalue weighted by molar-refractivity contribution is -0.150. The Bertz CT molecular complexity index is 433. The summed E-state index contributed by atoms with van der Waals surface area (Å²) < 4.78 is 0. The third kappa shape index (κ3) is 2.13. The van der Waals surface area contributed by atoms with Gasteiger partial charge in [0, 0.05) is 25.9 Å². The van der Waals surface area contributed by atoms with E-state index in [9.17, 15) is 14.7 Å². The van der Waals surface area contributed by atoms with Gasteiger partial charge in [-0.15, -0.1) is 0 Å². The summed E-state index contributed by atoms with van der Waals surface area (Å²) in [5, 5.41) is 9.22. The van der Waals surface area contributed by atoms with Crippen LogP contribution in [0.3, 0.4) is 0 Å². The van der Waals surface area contributed by atoms with Gasteiger partial charge in [0.15, 0.2) is 0 Å². The number of carbonyl (C=O) groups excluding carboxylic acids is 1. The molecule has 2 unspecified atom stereocenters. The van der Waals surface area contributed by atoms with Crippen LogP contribution in [0.15, 0.2) is 24.5 Å². The van der Waals surface area contributed by atoms with Crippen molar-refractivity contribution in [3.63, 3.8) is 0 Å². The topological polar surface area (TPSA) is 70.5 Å². The highest BCUT2D eigenvalue weighted by Gasteiger charge is 2.38. The van der Waals surface area contributed by atoms with Crippen LogP contribution in [0, 0.1) is 5.92 Å². The SMILES string of the molecule is CN1C(=O)CCC(C(=O)O)C1c1cccnc1. The average molecular weight is 234 g/mol. The number of amides is 1. The van der Waals surface area contributed by atoms with Crippen molar-refractivity contribution in [3.8, 4) is 0 Å². The van der Waals surface area contributed by atoms with Gasteiger partial charge in [-0.1, -0.05) is 6.07 Å². The summed E-state index contributed by atoms with van der Waals surface area (Å²) >= 11 is 0. The molecule has 1 N–H and O–H groups in total. The number of nitrogens with zero attached hydrogens (tertiary/aromatic N) is 2. The molecule has 90 valence electrons. The lowest BCUT2D eigenvalue weighted by atomic mass is 9.85. The molecule has 0 radical (unpaired) electrons. The van der Waals surface area contributed by atoms with E-state index >= 15 is 0 Å². The third-order valence-corrected chi connectivity index (χ3v) is 3.20. The van der Waals surface area contributed by atoms with Gasteiger partial charge < -0.3 is 10.0 Å². The zero-order valence-corrected chi connectivity index (χ0v) is 9.54. The van der Waals surface area contributed by atoms with Gasteiger partial charge in [0.1, 0.15) is 0 Å². The van der Waals surface area contributed by atoms with Crippen LogP contribution in [-0.2, 0) is 9.59 Å². The summed E-state index contributed by atoms with van der Waals surface area (Å²) in [6, 6.07) is 3.14. The fraction of sp³-hybridized carbons (Fsp3) is 0.417. The molecule has 2 heterocycles. The molecule has 1 aliphatic rings. The molecule has 2 rings (SSSR count). The Morgan fingerprint density at radius 2 is 2.35 bits per heavy atom. The van der Waals surface area contributed by atoms with Crippen LogP contribution in [-0.4, -0.2) is 33.9 Å². The summed E-state index contributed by atoms with van der Waals surface area (Å²) in [7, 11) is 1.65. The molecule has 5 nitrogen and oxygen atoms in total. The van der Waals surface area contributed by atoms with Crippen LogP contribution in [0.4, 0.5) is 0 Å². The van der Waals surface area contributed by atoms with Crippen LogP contribution in [0.2, 0.25) is 0 Å². The molecule has 1 saturated heterocycles. The summed E-state index contributed by atoms with van der Waals surface area (Å²) in [6.45, 7) is 0. The Morgan fingerprint density at radius 1 is 1.59 bits per heavy atom. The van der Waals surface area contributed by atoms with Gasteiger partial charge in [-0.05, 0) is 18.1 Å². The van der Waals surface area contributed by atoms with Gasteiger partial charge in [-0.2, -0.15) is 0 Å². The molecule has 1 amide bonds. The molecule has 0 aromatic carbocycles. The largest absolute Gasteiger partial charge is 0.481 e. The number of carboxylic acid groups (broad SMARTS) is 1. The van der Waals surface area contributed by atoms with Crippen molar-refractivity contribution < 1.29 is 14.7 Å². The van der Waals surface area contributed by atoms with Crippen molar-refractivity contribution in [2.75, 3.05) is 7.05 Å². The summed E-state index contributed by atoms with van der Waals surface area (Å²) in [5.41, 5.74) is 0.774. The van der Waals surface area contributed by atoms with E-state index in [1.165, 1.54) is 4.90 Å². The van der Waals surface area contributed by atoms with Gasteiger partial charge in [-0.25, -0.2) is 0 Å². The summed E-state index contributed by atoms with van der Waals surface area (Å²) in [6.07, 6.45) is 3.93. The van der Waals surface area contributed by atoms with Crippen LogP contribution >= 0.6 is 0 Å². The molecule has 1 aromatic rings. The van der Waals surface area contributed by atoms with E-state index in [-0.39, 0.29) is 5.91 Å². The van der Waals surface area contributed by atoms with Crippen LogP contribution in [0.1, 0.15) is 24.4 Å². The van der Waals surface area contributed by atoms with Crippen molar-refractivity contribution in [1.29, 1.82) is 0 Å². The highest BCUT2D eigenvalue weighted by atomic mass is 16.4. The fourth-order valence-electron chi connectivity index (χ4n) is 2.30. The first-order valence-electron chi connectivity index (χ1n) is 5.49. The molecule has 5 heteroatoms. The second-order valence-corrected chi connectivity index (χ2v) is 4.22. The zero-order chi connectivity index (χ0) is 12.4. The monoisotopic (exact) mass is 234 g/mol. The van der Waals surface area contributed by atoms with E-state index in [0.29, 0.717) is 12.8 Å². The first-order chi connectivity index (χ1) is 8.11. The first-order valence-corrected chi connectivity index (χ1v) is 5.49. The van der Waals surface area contributed by atoms with E-state index in [1.54, 1.807) is 25.5 Å². The van der Waals surface area contributed by atoms with E-state index in [2.05, 4.69) is 4.98 Å². The van der Waals surface area contributed by atoms with Gasteiger partial charge >= 0.3 is 5.97 Å². The molecule has 0 aliphatic carbocycles. The molecule has 0 spiro atoms. The third-order valence-electron chi connectivity index (χ3n) is 3.20. The fourth-order valence-corrected chi connectivity index (χ4v) is 2.30. The van der Waals surface area contributed by atoms with E-state index in [4.69, 9.17) is 0 Å². The molecule has 1 fully saturated rings. The smallest absolute Gasteiger partial charge is 0.308 e. The van der Waals surface area contributed by atoms with Gasteiger partial charge in [-0.3, -0.25) is 14.6 Å². The summed E-state index contributed by atoms with van der Waals surface area (Å²) in [4.78, 5) is 28.4. The molecular formula is C12H14N2O3. The maximum Gasteiger partial charge on any atom is 0.308 e. The van der Waals surface area contributed by atoms with Crippen LogP contribution < -0.4 is 0 Å². The van der Waals surface area contributed by atoms with Crippen molar-refractivity contribution >= 4 is 11.9 Å². The minimum atomic E-state index is -0.863. The number of pyridine rings is 1. The van der Waals surface area contributed by atoms with Crippen molar-refractivity contribution in [2.24, 2.45) is 5.92 Å². The Morgan fingerprint density at radius 3 is 2.94 bits per heavy atom. The molecule has 17 heavy (non-hydrogen) atoms. The Labute approximate surface area is 99.1 Å². The molecule has 2 atom stereocenters. The minimum Gasteiger partial charge on any atom is -0.481 e. The second kappa shape index (κ2) is 4.53. The van der Waals surface area contributed by atoms with Crippen molar-refractivity contribution in [3.05, 3.63) is 30.1 Å². The predicted molar refractivity (Wildman–Crippen MR) is 60.1 cm³/mol. The normalized spacial score (nSPS) is 24.8. The maximum atomic E-state index is 11.7. The van der Waals surface area contributed by atoms with Crippen LogP contribution in [0.25, 0.3) is 0 Å². The van der Waals surface area contributed by atoms with E-state index in [0.717, 1.165) is 5.56 Å². The lowest BCUT2D eigenvalue weighted by Crippen LogP contribution is -2.43. The maximum absolute atomic E-state index is 11.7. The number of aromatic nitrogens is 1. The highest BCUT2D eigenvalue weighted by molar-refractivity contribution is 5.81. The number of carboxylic acids is 1. The number of carbonyl (C=O) groups is 2. The lowest BCUT2D eigenvalue weighted by Gasteiger charge is -2.37. The molecule has 0 bridgehead atoms. The Kier molecular flexibility index (Phi) is 3.08. The van der Waals surface area contributed by atoms with Gasteiger partial charge in [0.05, 0.1) is 12.0 Å². The number of aliphatic carboxylic acids is 1. The standard InChI is InChI=1S/C12H14N2O3/c1-14-10(15)5-4-9(12(16)17)11(14)8-3-2-6-13-7-8/h2-3,6-7,9,11H,4-5H2,1H3,(H,16,17). The van der Waals surface area contributed by atoms with Crippen molar-refractivity contribution in [1.82, 2.24) is 9.88 Å². The second-order valence-electron chi connectivity index (χ2n) is 4.22. The Balaban J connectivity index is 2.37. The highest BCUT2D eigenvalue weighted by Crippen LogP contribution is 2.35. The molecule has 1 aliphatic heterocycles. The van der Waals surface area contributed by atoms with E-state index in [1.807, 2.05) is 6.07 Å². The average Bonchev–Trinajstić information content (AvgIpc) is 2.33. The zero-order valence-electron chi connectivity index (χ0n) is 9.54. The van der Waals surface area contributed by atoms with Gasteiger partial charge in [0.25, 0.3) is 0 Å². The number of hydrogen-bond acceptors (Lipinski definition) is 3. The molecule has 1 aromatic heterocycles. The Hall–Kier alpha value is -1.91. The number of rotatable bonds is 2. The van der Waals surface area contributed by atoms with E-state index < -0.39 is 17.9 Å². The van der Waals surface area contributed by atoms with Gasteiger partial charge in [0.2, 0.25) is 5.91 Å². The summed E-state index contributed by atoms with van der Waals surface area (Å²) in [5.74, 6) is -1.43. The number of piperidine rings is 1. The molecule has 0 saturated carbocycles. The minimum absolute atomic E-state index is 0.0173. The van der Waals surface area contributed by atoms with Crippen LogP contribution in [0.5, 0.6) is 0 Å².